The van der Waals surface area contributed by atoms with Crippen molar-refractivity contribution in [3.05, 3.63) is 62.2 Å². The van der Waals surface area contributed by atoms with Gasteiger partial charge in [0.2, 0.25) is 5.91 Å². The number of aliphatic hydroxyl groups excluding tert-OH is 1. The number of aromatic nitrogens is 1. The molecule has 2 aliphatic rings. The monoisotopic (exact) mass is 643 g/mol. The highest BCUT2D eigenvalue weighted by Gasteiger charge is 2.43. The van der Waals surface area contributed by atoms with Gasteiger partial charge in [0.15, 0.2) is 0 Å². The molecule has 3 N–H and O–H groups in total. The molecular formula is C26H26Br2F3N3O3. The van der Waals surface area contributed by atoms with Crippen LogP contribution in [0.4, 0.5) is 13.2 Å². The Labute approximate surface area is 228 Å². The molecule has 0 spiro atoms. The van der Waals surface area contributed by atoms with Crippen LogP contribution in [0.3, 0.4) is 0 Å². The number of halogens is 5. The quantitative estimate of drug-likeness (QED) is 0.364. The Hall–Kier alpha value is -2.08. The van der Waals surface area contributed by atoms with E-state index in [2.05, 4.69) is 42.1 Å². The van der Waals surface area contributed by atoms with E-state index in [1.54, 1.807) is 18.2 Å². The molecule has 0 saturated carbocycles. The summed E-state index contributed by atoms with van der Waals surface area (Å²) in [6.07, 6.45) is -1.91. The van der Waals surface area contributed by atoms with Crippen molar-refractivity contribution in [1.29, 1.82) is 0 Å². The number of aliphatic hydroxyl groups is 1. The normalized spacial score (nSPS) is 22.6. The lowest BCUT2D eigenvalue weighted by Crippen LogP contribution is -2.53. The van der Waals surface area contributed by atoms with Crippen LogP contribution in [0.2, 0.25) is 0 Å². The number of aromatic hydroxyl groups is 1. The van der Waals surface area contributed by atoms with E-state index in [0.29, 0.717) is 50.3 Å². The Morgan fingerprint density at radius 2 is 1.95 bits per heavy atom. The van der Waals surface area contributed by atoms with Crippen LogP contribution < -0.4 is 5.32 Å². The van der Waals surface area contributed by atoms with Crippen LogP contribution in [-0.4, -0.2) is 57.9 Å². The summed E-state index contributed by atoms with van der Waals surface area (Å²) in [6.45, 7) is 0.219. The zero-order valence-corrected chi connectivity index (χ0v) is 23.1. The number of fused-ring (bicyclic) bond motifs is 2. The molecule has 198 valence electrons. The number of carbonyl (C=O) groups excluding carboxylic acids is 1. The van der Waals surface area contributed by atoms with Crippen molar-refractivity contribution < 1.29 is 28.2 Å². The minimum Gasteiger partial charge on any atom is -0.506 e. The number of likely N-dealkylation sites (tertiary alicyclic amines) is 1. The molecule has 3 aromatic rings. The van der Waals surface area contributed by atoms with E-state index in [9.17, 15) is 28.2 Å². The number of phenols is 1. The van der Waals surface area contributed by atoms with E-state index in [1.165, 1.54) is 12.3 Å². The van der Waals surface area contributed by atoms with Gasteiger partial charge in [-0.05, 0) is 93.1 Å². The molecule has 2 unspecified atom stereocenters. The van der Waals surface area contributed by atoms with Gasteiger partial charge in [-0.3, -0.25) is 9.36 Å². The lowest BCUT2D eigenvalue weighted by molar-refractivity contribution is -0.200. The van der Waals surface area contributed by atoms with E-state index in [-0.39, 0.29) is 41.7 Å². The molecule has 1 amide bonds. The minimum atomic E-state index is -4.50. The zero-order chi connectivity index (χ0) is 26.6. The molecule has 0 bridgehead atoms. The summed E-state index contributed by atoms with van der Waals surface area (Å²) in [5.74, 6) is -0.567. The maximum Gasteiger partial charge on any atom is 0.488 e. The number of likely N-dealkylation sites (N-methyl/N-ethyl adjacent to an activating group) is 1. The molecule has 1 saturated heterocycles. The minimum absolute atomic E-state index is 0.00608. The molecule has 37 heavy (non-hydrogen) atoms. The van der Waals surface area contributed by atoms with Gasteiger partial charge in [0.05, 0.1) is 33.0 Å². The first-order chi connectivity index (χ1) is 17.5. The van der Waals surface area contributed by atoms with Gasteiger partial charge in [0.25, 0.3) is 0 Å². The molecule has 2 aromatic carbocycles. The average Bonchev–Trinajstić information content (AvgIpc) is 3.23. The predicted octanol–water partition coefficient (Wildman–Crippen LogP) is 5.03. The summed E-state index contributed by atoms with van der Waals surface area (Å²) in [6, 6.07) is 7.99. The van der Waals surface area contributed by atoms with E-state index < -0.39 is 12.3 Å². The van der Waals surface area contributed by atoms with Crippen LogP contribution in [0.1, 0.15) is 29.0 Å². The van der Waals surface area contributed by atoms with Crippen molar-refractivity contribution >= 4 is 48.7 Å². The van der Waals surface area contributed by atoms with Crippen LogP contribution in [0.15, 0.2) is 45.5 Å². The first kappa shape index (κ1) is 26.5. The van der Waals surface area contributed by atoms with E-state index >= 15 is 0 Å². The fraction of sp³-hybridized carbons (Fsp3) is 0.423. The molecular weight excluding hydrogens is 619 g/mol. The summed E-state index contributed by atoms with van der Waals surface area (Å²) in [5.41, 5.74) is 2.51. The Bertz CT molecular complexity index is 1340. The Morgan fingerprint density at radius 3 is 2.59 bits per heavy atom. The second-order valence-electron chi connectivity index (χ2n) is 9.98. The van der Waals surface area contributed by atoms with Crippen LogP contribution in [0.25, 0.3) is 10.9 Å². The molecule has 2 heterocycles. The van der Waals surface area contributed by atoms with Gasteiger partial charge in [0.1, 0.15) is 5.75 Å². The van der Waals surface area contributed by atoms with Crippen molar-refractivity contribution in [2.24, 2.45) is 5.92 Å². The number of carbonyl (C=O) groups is 1. The number of phenolic OH excluding ortho intramolecular Hbond substituents is 1. The van der Waals surface area contributed by atoms with Crippen LogP contribution in [0.5, 0.6) is 5.75 Å². The van der Waals surface area contributed by atoms with E-state index in [1.807, 2.05) is 13.1 Å². The van der Waals surface area contributed by atoms with E-state index in [0.717, 1.165) is 11.1 Å². The highest BCUT2D eigenvalue weighted by atomic mass is 79.9. The predicted molar refractivity (Wildman–Crippen MR) is 140 cm³/mol. The van der Waals surface area contributed by atoms with Crippen molar-refractivity contribution in [1.82, 2.24) is 14.8 Å². The fourth-order valence-electron chi connectivity index (χ4n) is 5.95. The highest BCUT2D eigenvalue weighted by molar-refractivity contribution is 9.11. The molecule has 0 radical (unpaired) electrons. The molecule has 1 fully saturated rings. The number of nitrogens with zero attached hydrogens (tertiary/aromatic N) is 2. The largest absolute Gasteiger partial charge is 0.506 e. The van der Waals surface area contributed by atoms with Gasteiger partial charge in [-0.15, -0.1) is 13.2 Å². The van der Waals surface area contributed by atoms with Gasteiger partial charge in [0, 0.05) is 30.1 Å². The third-order valence-electron chi connectivity index (χ3n) is 7.62. The maximum absolute atomic E-state index is 13.7. The zero-order valence-electron chi connectivity index (χ0n) is 19.9. The van der Waals surface area contributed by atoms with Crippen LogP contribution in [0, 0.1) is 5.92 Å². The van der Waals surface area contributed by atoms with Gasteiger partial charge in [-0.1, -0.05) is 12.1 Å². The van der Waals surface area contributed by atoms with Gasteiger partial charge >= 0.3 is 6.30 Å². The molecule has 4 atom stereocenters. The van der Waals surface area contributed by atoms with Crippen molar-refractivity contribution in [3.63, 3.8) is 0 Å². The van der Waals surface area contributed by atoms with Crippen molar-refractivity contribution in [2.45, 2.75) is 43.6 Å². The molecule has 11 heteroatoms. The van der Waals surface area contributed by atoms with Crippen LogP contribution >= 0.6 is 31.9 Å². The summed E-state index contributed by atoms with van der Waals surface area (Å²) in [7, 11) is 1.91. The summed E-state index contributed by atoms with van der Waals surface area (Å²) in [5, 5.41) is 23.5. The number of hydrogen-bond donors (Lipinski definition) is 3. The standard InChI is InChI=1S/C26H26Br2F3N3O3/c1-33-10-15(25(37)32-16(12-35)5-13-6-19(27)24(36)20(28)7-13)8-18-17-3-2-4-21-23(17)14(9-22(18)33)11-34(21)26(29,30)31/h2-4,6-7,11,15-16,18,22,35-36H,5,8-10,12H2,1H3,(H,32,37)/t15?,16?,18-,22-/m1/s1. The van der Waals surface area contributed by atoms with Gasteiger partial charge in [-0.25, -0.2) is 0 Å². The summed E-state index contributed by atoms with van der Waals surface area (Å²) < 4.78 is 42.4. The SMILES string of the molecule is CN1CC(C(=O)NC(CO)Cc2cc(Br)c(O)c(Br)c2)C[C@@H]2c3cccc4c3c(cn4C(F)(F)F)C[C@H]21. The third kappa shape index (κ3) is 4.91. The maximum atomic E-state index is 13.7. The Kier molecular flexibility index (Phi) is 7.10. The number of hydrogen-bond acceptors (Lipinski definition) is 4. The Balaban J connectivity index is 1.37. The van der Waals surface area contributed by atoms with E-state index in [4.69, 9.17) is 0 Å². The summed E-state index contributed by atoms with van der Waals surface area (Å²) in [4.78, 5) is 15.4. The number of rotatable bonds is 5. The number of piperidine rings is 1. The molecule has 1 aromatic heterocycles. The first-order valence-electron chi connectivity index (χ1n) is 12.0. The van der Waals surface area contributed by atoms with Crippen molar-refractivity contribution in [2.75, 3.05) is 20.2 Å². The van der Waals surface area contributed by atoms with Gasteiger partial charge < -0.3 is 20.4 Å². The number of benzene rings is 2. The average molecular weight is 645 g/mol. The number of alkyl halides is 3. The second-order valence-corrected chi connectivity index (χ2v) is 11.7. The highest BCUT2D eigenvalue weighted by Crippen LogP contribution is 2.46. The third-order valence-corrected chi connectivity index (χ3v) is 8.82. The fourth-order valence-corrected chi connectivity index (χ4v) is 7.23. The second kappa shape index (κ2) is 9.91. The van der Waals surface area contributed by atoms with Gasteiger partial charge in [-0.2, -0.15) is 0 Å². The topological polar surface area (TPSA) is 77.7 Å². The molecule has 6 nitrogen and oxygen atoms in total. The van der Waals surface area contributed by atoms with Crippen LogP contribution in [-0.2, 0) is 23.9 Å². The smallest absolute Gasteiger partial charge is 0.488 e. The van der Waals surface area contributed by atoms with Crippen molar-refractivity contribution in [3.8, 4) is 5.75 Å². The number of amides is 1. The lowest BCUT2D eigenvalue weighted by Gasteiger charge is -2.45. The molecule has 5 rings (SSSR count). The lowest BCUT2D eigenvalue weighted by atomic mass is 9.72. The number of nitrogens with one attached hydrogen (secondary N) is 1. The molecule has 1 aliphatic heterocycles. The summed E-state index contributed by atoms with van der Waals surface area (Å²) >= 11 is 6.60. The first-order valence-corrected chi connectivity index (χ1v) is 13.5. The molecule has 1 aliphatic carbocycles. The Morgan fingerprint density at radius 1 is 1.24 bits per heavy atom.